The number of amides is 3. The summed E-state index contributed by atoms with van der Waals surface area (Å²) in [5.74, 6) is -7.86. The van der Waals surface area contributed by atoms with Gasteiger partial charge in [0.25, 0.3) is 17.7 Å². The Balaban J connectivity index is 1.30. The molecular weight excluding hydrogens is 726 g/mol. The van der Waals surface area contributed by atoms with Crippen molar-refractivity contribution in [2.45, 2.75) is 24.0 Å². The molecular formula is C28H25ClN7O12S2+. The molecule has 50 heavy (non-hydrogen) atoms. The molecule has 0 spiro atoms. The monoisotopic (exact) mass is 750 g/mol. The van der Waals surface area contributed by atoms with Crippen LogP contribution in [0, 0.1) is 0 Å². The van der Waals surface area contributed by atoms with Crippen LogP contribution in [0.3, 0.4) is 0 Å². The van der Waals surface area contributed by atoms with Gasteiger partial charge < -0.3 is 51.8 Å². The third-order valence-corrected chi connectivity index (χ3v) is 9.60. The molecule has 0 unspecified atom stereocenters. The van der Waals surface area contributed by atoms with Crippen molar-refractivity contribution >= 4 is 75.2 Å². The standard InChI is InChI=1S/C28H24ClN7O12S2/c29-17-11(1-2-15(38)21(17)40)22(41)31-12(26(44)45)7-48-34-18(13-9-50-28(30)32-13)23(42)33-19-24(43)36-20(27(46)47)10(8-49-25(19)36)5-35-4-3-14(37)16(39)6-35/h1-4,6,9,12,19,25H,5,7-8H2,(H9,30,31,32,33,34,38,39,40,41,42,44,45,46,47)/p+1/t12-,19+,25+/m0/s1. The SMILES string of the molecule is Nc1nc(/C(=N/OC[C@H](NC(=O)c2ccc(O)c(O)c2Cl)C(=O)O)C(=O)N[C@@H]2C(=O)N3C(C(=O)O)=C(C[n+]4ccc(O)c(O)c4)CS[C@H]23)cs1. The Kier molecular flexibility index (Phi) is 10.2. The summed E-state index contributed by atoms with van der Waals surface area (Å²) in [6, 6.07) is 0.251. The molecule has 1 saturated heterocycles. The first-order valence-corrected chi connectivity index (χ1v) is 16.3. The number of anilines is 1. The second-order valence-electron chi connectivity index (χ2n) is 10.5. The number of aromatic nitrogens is 2. The molecule has 0 radical (unpaired) electrons. The zero-order valence-corrected chi connectivity index (χ0v) is 27.4. The fourth-order valence-electron chi connectivity index (χ4n) is 4.77. The molecule has 5 rings (SSSR count). The van der Waals surface area contributed by atoms with Gasteiger partial charge >= 0.3 is 11.9 Å². The number of halogens is 1. The minimum absolute atomic E-state index is 0.0301. The Morgan fingerprint density at radius 1 is 1.14 bits per heavy atom. The van der Waals surface area contributed by atoms with Gasteiger partial charge in [0.15, 0.2) is 46.9 Å². The number of carbonyl (C=O) groups excluding carboxylic acids is 3. The minimum Gasteiger partial charge on any atom is -0.504 e. The minimum atomic E-state index is -1.76. The molecule has 3 atom stereocenters. The lowest BCUT2D eigenvalue weighted by molar-refractivity contribution is -0.689. The first-order valence-electron chi connectivity index (χ1n) is 13.9. The molecule has 4 heterocycles. The molecule has 2 aromatic heterocycles. The lowest BCUT2D eigenvalue weighted by Gasteiger charge is -2.49. The molecule has 1 fully saturated rings. The van der Waals surface area contributed by atoms with Gasteiger partial charge in [-0.3, -0.25) is 19.3 Å². The summed E-state index contributed by atoms with van der Waals surface area (Å²) in [5.41, 5.74) is 4.74. The third kappa shape index (κ3) is 7.13. The molecule has 3 aromatic rings. The zero-order chi connectivity index (χ0) is 36.4. The van der Waals surface area contributed by atoms with Crippen molar-refractivity contribution in [2.24, 2.45) is 5.16 Å². The molecule has 0 bridgehead atoms. The molecule has 0 saturated carbocycles. The van der Waals surface area contributed by atoms with Crippen LogP contribution in [0.1, 0.15) is 16.1 Å². The number of aliphatic carboxylic acids is 2. The number of nitrogens with two attached hydrogens (primary N) is 1. The zero-order valence-electron chi connectivity index (χ0n) is 25.0. The number of hydrogen-bond acceptors (Lipinski definition) is 15. The molecule has 0 aliphatic carbocycles. The number of nitrogen functional groups attached to an aromatic ring is 1. The highest BCUT2D eigenvalue weighted by atomic mass is 35.5. The first kappa shape index (κ1) is 35.5. The molecule has 22 heteroatoms. The Bertz CT molecular complexity index is 1990. The summed E-state index contributed by atoms with van der Waals surface area (Å²) in [5, 5.41) is 66.6. The van der Waals surface area contributed by atoms with E-state index in [1.54, 1.807) is 0 Å². The van der Waals surface area contributed by atoms with E-state index >= 15 is 0 Å². The van der Waals surface area contributed by atoms with Crippen molar-refractivity contribution in [3.8, 4) is 23.0 Å². The quantitative estimate of drug-likeness (QED) is 0.0372. The number of carboxylic acids is 2. The first-order chi connectivity index (χ1) is 23.7. The normalized spacial score (nSPS) is 17.7. The topological polar surface area (TPSA) is 298 Å². The smallest absolute Gasteiger partial charge is 0.352 e. The Hall–Kier alpha value is -5.80. The van der Waals surface area contributed by atoms with Gasteiger partial charge in [0, 0.05) is 22.8 Å². The molecule has 262 valence electrons. The molecule has 19 nitrogen and oxygen atoms in total. The van der Waals surface area contributed by atoms with Crippen LogP contribution >= 0.6 is 34.7 Å². The highest BCUT2D eigenvalue weighted by Gasteiger charge is 2.55. The molecule has 10 N–H and O–H groups in total. The van der Waals surface area contributed by atoms with E-state index in [4.69, 9.17) is 22.2 Å². The summed E-state index contributed by atoms with van der Waals surface area (Å²) in [7, 11) is 0. The van der Waals surface area contributed by atoms with Crippen LogP contribution in [-0.4, -0.2) is 106 Å². The highest BCUT2D eigenvalue weighted by Crippen LogP contribution is 2.40. The van der Waals surface area contributed by atoms with Crippen molar-refractivity contribution in [1.82, 2.24) is 20.5 Å². The van der Waals surface area contributed by atoms with Crippen molar-refractivity contribution in [2.75, 3.05) is 18.1 Å². The highest BCUT2D eigenvalue weighted by molar-refractivity contribution is 8.00. The Labute approximate surface area is 292 Å². The number of rotatable bonds is 12. The Morgan fingerprint density at radius 2 is 1.88 bits per heavy atom. The fraction of sp³-hybridized carbons (Fsp3) is 0.214. The number of phenolic OH excluding ortho intramolecular Hbond substituents is 2. The van der Waals surface area contributed by atoms with E-state index in [2.05, 4.69) is 20.8 Å². The average molecular weight is 751 g/mol. The number of carbonyl (C=O) groups is 5. The summed E-state index contributed by atoms with van der Waals surface area (Å²) in [6.07, 6.45) is 2.61. The van der Waals surface area contributed by atoms with E-state index < -0.39 is 81.7 Å². The fourth-order valence-corrected chi connectivity index (χ4v) is 6.90. The van der Waals surface area contributed by atoms with Gasteiger partial charge in [0.05, 0.1) is 10.6 Å². The van der Waals surface area contributed by atoms with E-state index in [-0.39, 0.29) is 40.1 Å². The number of hydrogen-bond donors (Lipinski definition) is 9. The van der Waals surface area contributed by atoms with E-state index in [1.807, 2.05) is 0 Å². The number of benzene rings is 1. The summed E-state index contributed by atoms with van der Waals surface area (Å²) < 4.78 is 1.42. The van der Waals surface area contributed by atoms with Crippen molar-refractivity contribution in [1.29, 1.82) is 0 Å². The predicted molar refractivity (Wildman–Crippen MR) is 172 cm³/mol. The lowest BCUT2D eigenvalue weighted by Crippen LogP contribution is -2.71. The number of nitrogens with zero attached hydrogens (tertiary/aromatic N) is 4. The van der Waals surface area contributed by atoms with Crippen LogP contribution in [0.2, 0.25) is 5.02 Å². The number of thioether (sulfide) groups is 1. The van der Waals surface area contributed by atoms with E-state index in [9.17, 15) is 54.6 Å². The number of fused-ring (bicyclic) bond motifs is 1. The second kappa shape index (κ2) is 14.4. The second-order valence-corrected chi connectivity index (χ2v) is 12.8. The largest absolute Gasteiger partial charge is 0.504 e. The van der Waals surface area contributed by atoms with Crippen molar-refractivity contribution in [3.05, 3.63) is 63.5 Å². The molecule has 2 aliphatic heterocycles. The van der Waals surface area contributed by atoms with E-state index in [0.717, 1.165) is 40.1 Å². The van der Waals surface area contributed by atoms with Crippen LogP contribution < -0.4 is 20.9 Å². The third-order valence-electron chi connectivity index (χ3n) is 7.20. The summed E-state index contributed by atoms with van der Waals surface area (Å²) in [4.78, 5) is 73.6. The van der Waals surface area contributed by atoms with Crippen molar-refractivity contribution < 1.29 is 64.0 Å². The summed E-state index contributed by atoms with van der Waals surface area (Å²) in [6.45, 7) is -0.863. The van der Waals surface area contributed by atoms with Gasteiger partial charge in [0.1, 0.15) is 29.4 Å². The molecule has 1 aromatic carbocycles. The van der Waals surface area contributed by atoms with E-state index in [0.29, 0.717) is 5.57 Å². The number of phenols is 2. The van der Waals surface area contributed by atoms with Crippen LogP contribution in [0.15, 0.2) is 52.4 Å². The Morgan fingerprint density at radius 3 is 2.52 bits per heavy atom. The number of carboxylic acid groups (broad SMARTS) is 2. The van der Waals surface area contributed by atoms with Gasteiger partial charge in [-0.15, -0.1) is 23.1 Å². The van der Waals surface area contributed by atoms with Gasteiger partial charge in [-0.2, -0.15) is 4.57 Å². The van der Waals surface area contributed by atoms with Gasteiger partial charge in [-0.05, 0) is 12.1 Å². The average Bonchev–Trinajstić information content (AvgIpc) is 3.50. The number of pyridine rings is 1. The summed E-state index contributed by atoms with van der Waals surface area (Å²) >= 11 is 7.98. The number of aromatic hydroxyl groups is 4. The molecule has 2 aliphatic rings. The van der Waals surface area contributed by atoms with Crippen LogP contribution in [0.4, 0.5) is 5.13 Å². The number of nitrogens with one attached hydrogen (secondary N) is 2. The maximum atomic E-state index is 13.4. The predicted octanol–water partition coefficient (Wildman–Crippen LogP) is -0.469. The van der Waals surface area contributed by atoms with Gasteiger partial charge in [-0.25, -0.2) is 14.6 Å². The maximum Gasteiger partial charge on any atom is 0.352 e. The van der Waals surface area contributed by atoms with Crippen LogP contribution in [0.5, 0.6) is 23.0 Å². The number of thiazole rings is 1. The number of β-lactam (4-membered cyclic amide) rings is 1. The van der Waals surface area contributed by atoms with E-state index in [1.165, 1.54) is 28.4 Å². The number of oxime groups is 1. The molecule has 3 amide bonds. The van der Waals surface area contributed by atoms with Gasteiger partial charge in [-0.1, -0.05) is 16.8 Å². The van der Waals surface area contributed by atoms with Gasteiger partial charge in [0.2, 0.25) is 11.9 Å². The van der Waals surface area contributed by atoms with Crippen LogP contribution in [0.25, 0.3) is 0 Å². The maximum absolute atomic E-state index is 13.4. The van der Waals surface area contributed by atoms with Crippen molar-refractivity contribution in [3.63, 3.8) is 0 Å². The lowest BCUT2D eigenvalue weighted by atomic mass is 10.0. The van der Waals surface area contributed by atoms with Crippen LogP contribution in [-0.2, 0) is 30.6 Å².